The smallest absolute Gasteiger partial charge is 0.405 e. The summed E-state index contributed by atoms with van der Waals surface area (Å²) in [5.41, 5.74) is 3.27. The van der Waals surface area contributed by atoms with Gasteiger partial charge >= 0.3 is 6.09 Å². The van der Waals surface area contributed by atoms with Gasteiger partial charge in [-0.2, -0.15) is 0 Å². The molecule has 9 nitrogen and oxygen atoms in total. The molecule has 3 rings (SSSR count). The van der Waals surface area contributed by atoms with E-state index in [1.54, 1.807) is 6.07 Å². The zero-order valence-corrected chi connectivity index (χ0v) is 16.4. The average Bonchev–Trinajstić information content (AvgIpc) is 3.05. The van der Waals surface area contributed by atoms with E-state index in [-0.39, 0.29) is 12.5 Å². The SMILES string of the molecule is CCOCC(CNc1cc2c(c(Nc3cccc(C)c3)n1)C(=O)NC2)NC(=O)O. The highest BCUT2D eigenvalue weighted by Gasteiger charge is 2.25. The number of aryl methyl sites for hydroxylation is 1. The molecule has 29 heavy (non-hydrogen) atoms. The minimum Gasteiger partial charge on any atom is -0.465 e. The quantitative estimate of drug-likeness (QED) is 0.439. The molecule has 2 heterocycles. The van der Waals surface area contributed by atoms with Gasteiger partial charge in [0.05, 0.1) is 18.2 Å². The third kappa shape index (κ3) is 5.35. The Hall–Kier alpha value is -3.33. The third-order valence-electron chi connectivity index (χ3n) is 4.43. The second-order valence-corrected chi connectivity index (χ2v) is 6.75. The fourth-order valence-electron chi connectivity index (χ4n) is 3.11. The first-order chi connectivity index (χ1) is 14.0. The lowest BCUT2D eigenvalue weighted by Crippen LogP contribution is -2.42. The van der Waals surface area contributed by atoms with Gasteiger partial charge in [-0.3, -0.25) is 4.79 Å². The normalized spacial score (nSPS) is 13.4. The largest absolute Gasteiger partial charge is 0.465 e. The molecule has 1 aromatic heterocycles. The number of pyridine rings is 1. The van der Waals surface area contributed by atoms with E-state index in [0.717, 1.165) is 16.8 Å². The van der Waals surface area contributed by atoms with Gasteiger partial charge < -0.3 is 31.1 Å². The minimum atomic E-state index is -1.12. The van der Waals surface area contributed by atoms with Crippen LogP contribution in [0.5, 0.6) is 0 Å². The number of aromatic nitrogens is 1. The van der Waals surface area contributed by atoms with Crippen molar-refractivity contribution in [3.05, 3.63) is 47.0 Å². The summed E-state index contributed by atoms with van der Waals surface area (Å²) < 4.78 is 5.33. The van der Waals surface area contributed by atoms with Crippen LogP contribution in [0.25, 0.3) is 0 Å². The lowest BCUT2D eigenvalue weighted by Gasteiger charge is -2.19. The molecule has 0 fully saturated rings. The van der Waals surface area contributed by atoms with Crippen LogP contribution in [0.4, 0.5) is 22.1 Å². The van der Waals surface area contributed by atoms with E-state index in [1.165, 1.54) is 0 Å². The van der Waals surface area contributed by atoms with E-state index in [2.05, 4.69) is 26.3 Å². The number of ether oxygens (including phenoxy) is 1. The Kier molecular flexibility index (Phi) is 6.50. The number of nitrogens with one attached hydrogen (secondary N) is 4. The summed E-state index contributed by atoms with van der Waals surface area (Å²) in [6, 6.07) is 9.15. The number of hydrogen-bond acceptors (Lipinski definition) is 6. The Balaban J connectivity index is 1.80. The highest BCUT2D eigenvalue weighted by molar-refractivity contribution is 6.03. The monoisotopic (exact) mass is 399 g/mol. The Labute approximate surface area is 168 Å². The summed E-state index contributed by atoms with van der Waals surface area (Å²) in [7, 11) is 0. The van der Waals surface area contributed by atoms with E-state index in [0.29, 0.717) is 36.9 Å². The van der Waals surface area contributed by atoms with Crippen molar-refractivity contribution in [1.29, 1.82) is 0 Å². The lowest BCUT2D eigenvalue weighted by atomic mass is 10.1. The number of fused-ring (bicyclic) bond motifs is 1. The summed E-state index contributed by atoms with van der Waals surface area (Å²) in [4.78, 5) is 27.8. The Bertz CT molecular complexity index is 902. The van der Waals surface area contributed by atoms with Crippen LogP contribution in [-0.4, -0.2) is 47.9 Å². The average molecular weight is 399 g/mol. The molecule has 0 bridgehead atoms. The molecule has 0 saturated carbocycles. The van der Waals surface area contributed by atoms with Crippen molar-refractivity contribution in [2.24, 2.45) is 0 Å². The van der Waals surface area contributed by atoms with Crippen LogP contribution >= 0.6 is 0 Å². The number of carboxylic acid groups (broad SMARTS) is 1. The first-order valence-electron chi connectivity index (χ1n) is 9.43. The number of amides is 2. The van der Waals surface area contributed by atoms with E-state index in [9.17, 15) is 9.59 Å². The molecular weight excluding hydrogens is 374 g/mol. The zero-order valence-electron chi connectivity index (χ0n) is 16.4. The van der Waals surface area contributed by atoms with Crippen LogP contribution < -0.4 is 21.3 Å². The maximum Gasteiger partial charge on any atom is 0.405 e. The molecular formula is C20H25N5O4. The van der Waals surface area contributed by atoms with Crippen LogP contribution in [0.3, 0.4) is 0 Å². The van der Waals surface area contributed by atoms with Crippen molar-refractivity contribution in [2.45, 2.75) is 26.4 Å². The summed E-state index contributed by atoms with van der Waals surface area (Å²) in [5.74, 6) is 0.832. The van der Waals surface area contributed by atoms with Crippen LogP contribution in [0, 0.1) is 6.92 Å². The molecule has 1 aliphatic heterocycles. The van der Waals surface area contributed by atoms with E-state index in [4.69, 9.17) is 9.84 Å². The summed E-state index contributed by atoms with van der Waals surface area (Å²) >= 11 is 0. The van der Waals surface area contributed by atoms with Gasteiger partial charge in [-0.15, -0.1) is 0 Å². The Morgan fingerprint density at radius 2 is 2.21 bits per heavy atom. The number of rotatable bonds is 9. The summed E-state index contributed by atoms with van der Waals surface area (Å²) in [6.07, 6.45) is -1.12. The second-order valence-electron chi connectivity index (χ2n) is 6.75. The topological polar surface area (TPSA) is 125 Å². The number of anilines is 3. The fourth-order valence-corrected chi connectivity index (χ4v) is 3.11. The predicted molar refractivity (Wildman–Crippen MR) is 110 cm³/mol. The van der Waals surface area contributed by atoms with E-state index in [1.807, 2.05) is 38.1 Å². The van der Waals surface area contributed by atoms with Crippen molar-refractivity contribution >= 4 is 29.3 Å². The molecule has 2 amide bonds. The van der Waals surface area contributed by atoms with Crippen molar-refractivity contribution in [1.82, 2.24) is 15.6 Å². The van der Waals surface area contributed by atoms with E-state index < -0.39 is 12.1 Å². The van der Waals surface area contributed by atoms with Gasteiger partial charge in [-0.1, -0.05) is 12.1 Å². The molecule has 2 aromatic rings. The number of hydrogen-bond donors (Lipinski definition) is 5. The molecule has 9 heteroatoms. The van der Waals surface area contributed by atoms with Crippen molar-refractivity contribution in [2.75, 3.05) is 30.4 Å². The molecule has 1 aromatic carbocycles. The van der Waals surface area contributed by atoms with Crippen molar-refractivity contribution in [3.8, 4) is 0 Å². The van der Waals surface area contributed by atoms with Crippen LogP contribution in [0.1, 0.15) is 28.4 Å². The summed E-state index contributed by atoms with van der Waals surface area (Å²) in [6.45, 7) is 5.29. The van der Waals surface area contributed by atoms with Gasteiger partial charge in [-0.05, 0) is 43.2 Å². The van der Waals surface area contributed by atoms with Gasteiger partial charge in [0.15, 0.2) is 0 Å². The standard InChI is InChI=1S/C20H25N5O4/c1-3-29-11-15(24-20(27)28)10-21-16-8-13-9-22-19(26)17(13)18(25-16)23-14-6-4-5-12(2)7-14/h4-8,15,24H,3,9-11H2,1-2H3,(H,22,26)(H,27,28)(H2,21,23,25). The van der Waals surface area contributed by atoms with Crippen molar-refractivity contribution < 1.29 is 19.4 Å². The molecule has 0 saturated heterocycles. The van der Waals surface area contributed by atoms with Gasteiger partial charge in [0, 0.05) is 25.4 Å². The second kappa shape index (κ2) is 9.24. The molecule has 0 aliphatic carbocycles. The first kappa shape index (κ1) is 20.4. The number of nitrogens with zero attached hydrogens (tertiary/aromatic N) is 1. The van der Waals surface area contributed by atoms with E-state index >= 15 is 0 Å². The van der Waals surface area contributed by atoms with Gasteiger partial charge in [0.1, 0.15) is 11.6 Å². The fraction of sp³-hybridized carbons (Fsp3) is 0.350. The Morgan fingerprint density at radius 3 is 2.93 bits per heavy atom. The summed E-state index contributed by atoms with van der Waals surface area (Å²) in [5, 5.41) is 20.6. The predicted octanol–water partition coefficient (Wildman–Crippen LogP) is 2.46. The maximum absolute atomic E-state index is 12.3. The minimum absolute atomic E-state index is 0.170. The van der Waals surface area contributed by atoms with Crippen LogP contribution in [0.15, 0.2) is 30.3 Å². The molecule has 5 N–H and O–H groups in total. The molecule has 0 radical (unpaired) electrons. The highest BCUT2D eigenvalue weighted by Crippen LogP contribution is 2.28. The number of carbonyl (C=O) groups is 2. The maximum atomic E-state index is 12.3. The zero-order chi connectivity index (χ0) is 20.8. The van der Waals surface area contributed by atoms with Gasteiger partial charge in [0.25, 0.3) is 5.91 Å². The number of carbonyl (C=O) groups excluding carboxylic acids is 1. The molecule has 154 valence electrons. The molecule has 0 spiro atoms. The van der Waals surface area contributed by atoms with Crippen molar-refractivity contribution in [3.63, 3.8) is 0 Å². The van der Waals surface area contributed by atoms with Gasteiger partial charge in [-0.25, -0.2) is 9.78 Å². The van der Waals surface area contributed by atoms with Crippen LogP contribution in [-0.2, 0) is 11.3 Å². The molecule has 1 atom stereocenters. The first-order valence-corrected chi connectivity index (χ1v) is 9.43. The van der Waals surface area contributed by atoms with Crippen LogP contribution in [0.2, 0.25) is 0 Å². The molecule has 1 aliphatic rings. The lowest BCUT2D eigenvalue weighted by molar-refractivity contribution is 0.0966. The molecule has 1 unspecified atom stereocenters. The third-order valence-corrected chi connectivity index (χ3v) is 4.43. The van der Waals surface area contributed by atoms with Gasteiger partial charge in [0.2, 0.25) is 0 Å². The Morgan fingerprint density at radius 1 is 1.38 bits per heavy atom. The number of benzene rings is 1. The highest BCUT2D eigenvalue weighted by atomic mass is 16.5.